The topological polar surface area (TPSA) is 66.2 Å². The third-order valence-corrected chi connectivity index (χ3v) is 4.91. The summed E-state index contributed by atoms with van der Waals surface area (Å²) in [6, 6.07) is 5.50. The molecular formula is C16H20ClN3O3S. The van der Waals surface area contributed by atoms with Crippen LogP contribution in [0.15, 0.2) is 23.4 Å². The van der Waals surface area contributed by atoms with Gasteiger partial charge >= 0.3 is 5.97 Å². The minimum atomic E-state index is -0.350. The molecule has 6 nitrogen and oxygen atoms in total. The number of esters is 1. The van der Waals surface area contributed by atoms with E-state index in [0.29, 0.717) is 22.5 Å². The molecule has 0 aliphatic carbocycles. The molecule has 1 atom stereocenters. The van der Waals surface area contributed by atoms with Crippen molar-refractivity contribution in [1.29, 1.82) is 0 Å². The zero-order valence-electron chi connectivity index (χ0n) is 14.1. The van der Waals surface area contributed by atoms with Crippen LogP contribution in [0, 0.1) is 6.92 Å². The third-order valence-electron chi connectivity index (χ3n) is 3.42. The van der Waals surface area contributed by atoms with Crippen LogP contribution in [0.5, 0.6) is 5.75 Å². The minimum absolute atomic E-state index is 0.287. The van der Waals surface area contributed by atoms with Gasteiger partial charge in [-0.15, -0.1) is 10.2 Å². The number of carbonyl (C=O) groups is 1. The second kappa shape index (κ2) is 8.39. The van der Waals surface area contributed by atoms with Gasteiger partial charge < -0.3 is 14.0 Å². The van der Waals surface area contributed by atoms with Crippen molar-refractivity contribution in [3.05, 3.63) is 34.6 Å². The van der Waals surface area contributed by atoms with Crippen molar-refractivity contribution in [3.8, 4) is 5.75 Å². The number of halogens is 1. The van der Waals surface area contributed by atoms with E-state index >= 15 is 0 Å². The van der Waals surface area contributed by atoms with Crippen molar-refractivity contribution in [1.82, 2.24) is 14.8 Å². The van der Waals surface area contributed by atoms with Gasteiger partial charge in [-0.1, -0.05) is 23.4 Å². The van der Waals surface area contributed by atoms with E-state index in [2.05, 4.69) is 10.2 Å². The summed E-state index contributed by atoms with van der Waals surface area (Å²) in [6.45, 7) is 6.66. The Bertz CT molecular complexity index is 721. The summed E-state index contributed by atoms with van der Waals surface area (Å²) in [5, 5.41) is 9.35. The van der Waals surface area contributed by atoms with Gasteiger partial charge in [0.05, 0.1) is 7.11 Å². The Morgan fingerprint density at radius 3 is 2.79 bits per heavy atom. The first kappa shape index (κ1) is 18.6. The number of aromatic nitrogens is 3. The summed E-state index contributed by atoms with van der Waals surface area (Å²) < 4.78 is 12.4. The lowest BCUT2D eigenvalue weighted by molar-refractivity contribution is -0.139. The van der Waals surface area contributed by atoms with Gasteiger partial charge in [0.15, 0.2) is 11.0 Å². The van der Waals surface area contributed by atoms with Gasteiger partial charge in [-0.05, 0) is 44.5 Å². The van der Waals surface area contributed by atoms with Crippen LogP contribution in [0.3, 0.4) is 0 Å². The zero-order valence-corrected chi connectivity index (χ0v) is 15.6. The summed E-state index contributed by atoms with van der Waals surface area (Å²) in [5.41, 5.74) is 0.953. The first-order chi connectivity index (χ1) is 11.5. The van der Waals surface area contributed by atoms with Gasteiger partial charge in [0.1, 0.15) is 17.6 Å². The second-order valence-electron chi connectivity index (χ2n) is 5.13. The van der Waals surface area contributed by atoms with Gasteiger partial charge in [0.25, 0.3) is 0 Å². The van der Waals surface area contributed by atoms with Gasteiger partial charge in [0.2, 0.25) is 0 Å². The average Bonchev–Trinajstić information content (AvgIpc) is 2.96. The van der Waals surface area contributed by atoms with E-state index in [4.69, 9.17) is 21.1 Å². The molecule has 0 saturated heterocycles. The van der Waals surface area contributed by atoms with E-state index in [1.807, 2.05) is 30.5 Å². The molecule has 0 N–H and O–H groups in total. The molecule has 0 radical (unpaired) electrons. The molecule has 0 unspecified atom stereocenters. The molecule has 1 aromatic heterocycles. The first-order valence-electron chi connectivity index (χ1n) is 7.51. The quantitative estimate of drug-likeness (QED) is 0.549. The summed E-state index contributed by atoms with van der Waals surface area (Å²) in [5.74, 6) is 1.13. The largest absolute Gasteiger partial charge is 0.486 e. The van der Waals surface area contributed by atoms with E-state index in [9.17, 15) is 4.79 Å². The molecule has 24 heavy (non-hydrogen) atoms. The van der Waals surface area contributed by atoms with Crippen LogP contribution < -0.4 is 4.74 Å². The molecule has 0 aliphatic rings. The van der Waals surface area contributed by atoms with Crippen molar-refractivity contribution in [2.45, 2.75) is 44.3 Å². The SMILES string of the molecule is CCn1c(COc2ccc(Cl)c(C)c2)nnc1S[C@H](C)C(=O)OC. The number of carbonyl (C=O) groups excluding carboxylic acids is 1. The number of nitrogens with zero attached hydrogens (tertiary/aromatic N) is 3. The molecule has 130 valence electrons. The minimum Gasteiger partial charge on any atom is -0.486 e. The number of ether oxygens (including phenoxy) is 2. The lowest BCUT2D eigenvalue weighted by Gasteiger charge is -2.11. The van der Waals surface area contributed by atoms with Gasteiger partial charge in [0, 0.05) is 11.6 Å². The molecule has 0 spiro atoms. The lowest BCUT2D eigenvalue weighted by Crippen LogP contribution is -2.16. The summed E-state index contributed by atoms with van der Waals surface area (Å²) in [6.07, 6.45) is 0. The van der Waals surface area contributed by atoms with E-state index in [1.165, 1.54) is 18.9 Å². The van der Waals surface area contributed by atoms with Crippen LogP contribution >= 0.6 is 23.4 Å². The predicted octanol–water partition coefficient (Wildman–Crippen LogP) is 3.49. The molecule has 0 aliphatic heterocycles. The third kappa shape index (κ3) is 4.42. The summed E-state index contributed by atoms with van der Waals surface area (Å²) in [4.78, 5) is 11.6. The van der Waals surface area contributed by atoms with Crippen molar-refractivity contribution < 1.29 is 14.3 Å². The predicted molar refractivity (Wildman–Crippen MR) is 93.6 cm³/mol. The standard InChI is InChI=1S/C16H20ClN3O3S/c1-5-20-14(9-23-12-6-7-13(17)10(2)8-12)18-19-16(20)24-11(3)15(21)22-4/h6-8,11H,5,9H2,1-4H3/t11-/m1/s1. The number of aryl methyl sites for hydroxylation is 1. The highest BCUT2D eigenvalue weighted by molar-refractivity contribution is 8.00. The fourth-order valence-electron chi connectivity index (χ4n) is 2.06. The molecule has 1 heterocycles. The molecule has 2 aromatic rings. The average molecular weight is 370 g/mol. The molecular weight excluding hydrogens is 350 g/mol. The van der Waals surface area contributed by atoms with Crippen LogP contribution in [-0.2, 0) is 22.7 Å². The summed E-state index contributed by atoms with van der Waals surface area (Å²) >= 11 is 7.33. The Balaban J connectivity index is 2.08. The maximum absolute atomic E-state index is 11.6. The van der Waals surface area contributed by atoms with Crippen molar-refractivity contribution >= 4 is 29.3 Å². The Labute approximate surface area is 150 Å². The Kier molecular flexibility index (Phi) is 6.51. The highest BCUT2D eigenvalue weighted by Gasteiger charge is 2.20. The highest BCUT2D eigenvalue weighted by atomic mass is 35.5. The molecule has 0 bridgehead atoms. The highest BCUT2D eigenvalue weighted by Crippen LogP contribution is 2.25. The molecule has 2 rings (SSSR count). The van der Waals surface area contributed by atoms with Crippen LogP contribution in [0.4, 0.5) is 0 Å². The van der Waals surface area contributed by atoms with E-state index < -0.39 is 0 Å². The molecule has 0 fully saturated rings. The van der Waals surface area contributed by atoms with Crippen molar-refractivity contribution in [2.24, 2.45) is 0 Å². The normalized spacial score (nSPS) is 12.0. The second-order valence-corrected chi connectivity index (χ2v) is 6.84. The van der Waals surface area contributed by atoms with Crippen molar-refractivity contribution in [2.75, 3.05) is 7.11 Å². The molecule has 1 aromatic carbocycles. The number of hydrogen-bond acceptors (Lipinski definition) is 6. The van der Waals surface area contributed by atoms with E-state index in [0.717, 1.165) is 11.3 Å². The van der Waals surface area contributed by atoms with E-state index in [-0.39, 0.29) is 17.8 Å². The molecule has 0 saturated carbocycles. The van der Waals surface area contributed by atoms with Crippen LogP contribution in [0.1, 0.15) is 25.2 Å². The smallest absolute Gasteiger partial charge is 0.318 e. The maximum Gasteiger partial charge on any atom is 0.318 e. The Hall–Kier alpha value is -1.73. The Morgan fingerprint density at radius 1 is 1.42 bits per heavy atom. The number of rotatable bonds is 7. The lowest BCUT2D eigenvalue weighted by atomic mass is 10.2. The fourth-order valence-corrected chi connectivity index (χ4v) is 3.13. The number of benzene rings is 1. The number of hydrogen-bond donors (Lipinski definition) is 0. The zero-order chi connectivity index (χ0) is 17.7. The van der Waals surface area contributed by atoms with Gasteiger partial charge in [-0.2, -0.15) is 0 Å². The Morgan fingerprint density at radius 2 is 2.17 bits per heavy atom. The van der Waals surface area contributed by atoms with Crippen LogP contribution in [-0.4, -0.2) is 33.1 Å². The van der Waals surface area contributed by atoms with Gasteiger partial charge in [-0.3, -0.25) is 4.79 Å². The monoisotopic (exact) mass is 369 g/mol. The maximum atomic E-state index is 11.6. The molecule has 0 amide bonds. The molecule has 8 heteroatoms. The number of thioether (sulfide) groups is 1. The fraction of sp³-hybridized carbons (Fsp3) is 0.438. The van der Waals surface area contributed by atoms with Crippen LogP contribution in [0.2, 0.25) is 5.02 Å². The van der Waals surface area contributed by atoms with Crippen LogP contribution in [0.25, 0.3) is 0 Å². The van der Waals surface area contributed by atoms with E-state index in [1.54, 1.807) is 13.0 Å². The van der Waals surface area contributed by atoms with Gasteiger partial charge in [-0.25, -0.2) is 0 Å². The summed E-state index contributed by atoms with van der Waals surface area (Å²) in [7, 11) is 1.37. The number of methoxy groups -OCH3 is 1. The first-order valence-corrected chi connectivity index (χ1v) is 8.77. The van der Waals surface area contributed by atoms with Crippen molar-refractivity contribution in [3.63, 3.8) is 0 Å².